The van der Waals surface area contributed by atoms with Crippen molar-refractivity contribution in [3.8, 4) is 5.75 Å². The summed E-state index contributed by atoms with van der Waals surface area (Å²) in [5, 5.41) is 10.1. The van der Waals surface area contributed by atoms with Gasteiger partial charge in [0.2, 0.25) is 0 Å². The van der Waals surface area contributed by atoms with Gasteiger partial charge in [-0.25, -0.2) is 0 Å². The fraction of sp³-hybridized carbons (Fsp3) is 0.250. The summed E-state index contributed by atoms with van der Waals surface area (Å²) < 4.78 is 5.06. The van der Waals surface area contributed by atoms with Gasteiger partial charge in [-0.15, -0.1) is 0 Å². The summed E-state index contributed by atoms with van der Waals surface area (Å²) in [6, 6.07) is 5.32. The third kappa shape index (κ3) is 1.45. The van der Waals surface area contributed by atoms with Crippen molar-refractivity contribution in [1.82, 2.24) is 0 Å². The number of carbonyl (C=O) groups is 1. The van der Waals surface area contributed by atoms with Gasteiger partial charge in [-0.2, -0.15) is 0 Å². The fourth-order valence-corrected chi connectivity index (χ4v) is 1.69. The number of hydrogen-bond acceptors (Lipinski definition) is 3. The number of ketones is 1. The summed E-state index contributed by atoms with van der Waals surface area (Å²) in [5.74, 6) is 0.334. The minimum absolute atomic E-state index is 0.303. The van der Waals surface area contributed by atoms with Crippen molar-refractivity contribution < 1.29 is 14.6 Å². The molecular formula is C12H12O3. The maximum Gasteiger partial charge on any atom is 0.191 e. The lowest BCUT2D eigenvalue weighted by atomic mass is 9.83. The molecule has 1 aliphatic rings. The number of benzene rings is 1. The molecule has 3 heteroatoms. The van der Waals surface area contributed by atoms with Crippen LogP contribution < -0.4 is 4.74 Å². The Morgan fingerprint density at radius 2 is 2.07 bits per heavy atom. The molecule has 1 N–H and O–H groups in total. The molecule has 0 bridgehead atoms. The van der Waals surface area contributed by atoms with Crippen LogP contribution in [0.25, 0.3) is 6.08 Å². The number of methoxy groups -OCH3 is 1. The summed E-state index contributed by atoms with van der Waals surface area (Å²) in [7, 11) is 1.55. The first-order chi connectivity index (χ1) is 7.05. The van der Waals surface area contributed by atoms with Crippen molar-refractivity contribution in [2.45, 2.75) is 12.5 Å². The van der Waals surface area contributed by atoms with Crippen molar-refractivity contribution in [2.75, 3.05) is 7.11 Å². The van der Waals surface area contributed by atoms with Gasteiger partial charge in [-0.05, 0) is 30.7 Å². The van der Waals surface area contributed by atoms with Gasteiger partial charge in [0.05, 0.1) is 7.11 Å². The molecule has 0 amide bonds. The highest BCUT2D eigenvalue weighted by molar-refractivity contribution is 6.03. The zero-order valence-electron chi connectivity index (χ0n) is 8.65. The smallest absolute Gasteiger partial charge is 0.191 e. The lowest BCUT2D eigenvalue weighted by Crippen LogP contribution is -2.33. The predicted molar refractivity (Wildman–Crippen MR) is 56.6 cm³/mol. The van der Waals surface area contributed by atoms with E-state index in [0.717, 1.165) is 5.56 Å². The van der Waals surface area contributed by atoms with Gasteiger partial charge in [-0.1, -0.05) is 12.1 Å². The molecule has 0 saturated heterocycles. The van der Waals surface area contributed by atoms with E-state index < -0.39 is 5.60 Å². The molecule has 1 aliphatic carbocycles. The second-order valence-electron chi connectivity index (χ2n) is 3.72. The third-order valence-electron chi connectivity index (χ3n) is 2.68. The van der Waals surface area contributed by atoms with Crippen LogP contribution >= 0.6 is 0 Å². The van der Waals surface area contributed by atoms with Crippen molar-refractivity contribution in [2.24, 2.45) is 0 Å². The highest BCUT2D eigenvalue weighted by Gasteiger charge is 2.34. The normalized spacial score (nSPS) is 23.8. The zero-order valence-corrected chi connectivity index (χ0v) is 8.65. The van der Waals surface area contributed by atoms with E-state index in [1.54, 1.807) is 25.3 Å². The van der Waals surface area contributed by atoms with Crippen LogP contribution in [0.4, 0.5) is 0 Å². The van der Waals surface area contributed by atoms with E-state index in [0.29, 0.717) is 11.3 Å². The van der Waals surface area contributed by atoms with Gasteiger partial charge in [0.1, 0.15) is 11.4 Å². The van der Waals surface area contributed by atoms with E-state index in [9.17, 15) is 9.90 Å². The number of fused-ring (bicyclic) bond motifs is 1. The standard InChI is InChI=1S/C12H12O3/c1-12(14)10-7-9(15-2)5-3-8(10)4-6-11(12)13/h3-7,14H,1-2H3/t12-/m1/s1. The topological polar surface area (TPSA) is 46.5 Å². The van der Waals surface area contributed by atoms with Crippen molar-refractivity contribution in [1.29, 1.82) is 0 Å². The minimum Gasteiger partial charge on any atom is -0.497 e. The molecule has 15 heavy (non-hydrogen) atoms. The number of carbonyl (C=O) groups excluding carboxylic acids is 1. The van der Waals surface area contributed by atoms with Crippen LogP contribution in [0.3, 0.4) is 0 Å². The Bertz CT molecular complexity index is 444. The number of aliphatic hydroxyl groups is 1. The lowest BCUT2D eigenvalue weighted by Gasteiger charge is -2.26. The first-order valence-corrected chi connectivity index (χ1v) is 4.69. The summed E-state index contributed by atoms with van der Waals surface area (Å²) in [6.45, 7) is 1.50. The number of ether oxygens (including phenoxy) is 1. The Kier molecular flexibility index (Phi) is 2.12. The van der Waals surface area contributed by atoms with Gasteiger partial charge in [0.15, 0.2) is 5.78 Å². The fourth-order valence-electron chi connectivity index (χ4n) is 1.69. The monoisotopic (exact) mass is 204 g/mol. The van der Waals surface area contributed by atoms with E-state index >= 15 is 0 Å². The lowest BCUT2D eigenvalue weighted by molar-refractivity contribution is -0.131. The largest absolute Gasteiger partial charge is 0.497 e. The summed E-state index contributed by atoms with van der Waals surface area (Å²) in [5.41, 5.74) is -0.00623. The van der Waals surface area contributed by atoms with Gasteiger partial charge in [-0.3, -0.25) is 4.79 Å². The molecule has 78 valence electrons. The average molecular weight is 204 g/mol. The molecule has 0 radical (unpaired) electrons. The van der Waals surface area contributed by atoms with Crippen molar-refractivity contribution >= 4 is 11.9 Å². The molecule has 0 aliphatic heterocycles. The molecule has 0 aromatic heterocycles. The highest BCUT2D eigenvalue weighted by atomic mass is 16.5. The molecule has 0 unspecified atom stereocenters. The molecule has 0 saturated carbocycles. The van der Waals surface area contributed by atoms with Gasteiger partial charge in [0.25, 0.3) is 0 Å². The first-order valence-electron chi connectivity index (χ1n) is 4.69. The van der Waals surface area contributed by atoms with Crippen molar-refractivity contribution in [3.63, 3.8) is 0 Å². The molecule has 1 aromatic carbocycles. The molecule has 1 aromatic rings. The summed E-state index contributed by atoms with van der Waals surface area (Å²) >= 11 is 0. The number of hydrogen-bond donors (Lipinski definition) is 1. The zero-order chi connectivity index (χ0) is 11.1. The maximum atomic E-state index is 11.5. The second kappa shape index (κ2) is 3.21. The molecule has 3 nitrogen and oxygen atoms in total. The Balaban J connectivity index is 2.63. The SMILES string of the molecule is COc1ccc2c(c1)[C@@](C)(O)C(=O)C=C2. The predicted octanol–water partition coefficient (Wildman–Crippen LogP) is 1.50. The summed E-state index contributed by atoms with van der Waals surface area (Å²) in [4.78, 5) is 11.5. The minimum atomic E-state index is -1.45. The first kappa shape index (κ1) is 9.93. The van der Waals surface area contributed by atoms with Gasteiger partial charge < -0.3 is 9.84 Å². The third-order valence-corrected chi connectivity index (χ3v) is 2.68. The molecule has 0 spiro atoms. The van der Waals surface area contributed by atoms with E-state index in [1.807, 2.05) is 6.07 Å². The molecule has 2 rings (SSSR count). The second-order valence-corrected chi connectivity index (χ2v) is 3.72. The average Bonchev–Trinajstić information content (AvgIpc) is 2.24. The Hall–Kier alpha value is -1.61. The molecule has 0 fully saturated rings. The van der Waals surface area contributed by atoms with Crippen LogP contribution in [0.5, 0.6) is 5.75 Å². The quantitative estimate of drug-likeness (QED) is 0.754. The van der Waals surface area contributed by atoms with Crippen LogP contribution in [0, 0.1) is 0 Å². The Labute approximate surface area is 88.0 Å². The Morgan fingerprint density at radius 1 is 1.33 bits per heavy atom. The van der Waals surface area contributed by atoms with Crippen LogP contribution in [-0.4, -0.2) is 18.0 Å². The molecule has 1 atom stereocenters. The van der Waals surface area contributed by atoms with E-state index in [2.05, 4.69) is 0 Å². The molecule has 0 heterocycles. The summed E-state index contributed by atoms with van der Waals surface area (Å²) in [6.07, 6.45) is 3.10. The van der Waals surface area contributed by atoms with Crippen LogP contribution in [0.2, 0.25) is 0 Å². The molecular weight excluding hydrogens is 192 g/mol. The number of rotatable bonds is 1. The van der Waals surface area contributed by atoms with Crippen molar-refractivity contribution in [3.05, 3.63) is 35.4 Å². The van der Waals surface area contributed by atoms with Crippen LogP contribution in [0.1, 0.15) is 18.1 Å². The van der Waals surface area contributed by atoms with Crippen LogP contribution in [0.15, 0.2) is 24.3 Å². The Morgan fingerprint density at radius 3 is 2.73 bits per heavy atom. The van der Waals surface area contributed by atoms with E-state index in [4.69, 9.17) is 4.74 Å². The van der Waals surface area contributed by atoms with Gasteiger partial charge in [0, 0.05) is 5.56 Å². The van der Waals surface area contributed by atoms with Crippen LogP contribution in [-0.2, 0) is 10.4 Å². The van der Waals surface area contributed by atoms with E-state index in [-0.39, 0.29) is 5.78 Å². The highest BCUT2D eigenvalue weighted by Crippen LogP contribution is 2.33. The van der Waals surface area contributed by atoms with Gasteiger partial charge >= 0.3 is 0 Å². The maximum absolute atomic E-state index is 11.5. The van der Waals surface area contributed by atoms with E-state index in [1.165, 1.54) is 13.0 Å².